The molecule has 1 atom stereocenters. The summed E-state index contributed by atoms with van der Waals surface area (Å²) in [5.74, 6) is 0.243. The smallest absolute Gasteiger partial charge is 0.415 e. The molecular formula is C28H28ClN5O4. The van der Waals surface area contributed by atoms with E-state index in [-0.39, 0.29) is 23.1 Å². The molecule has 196 valence electrons. The van der Waals surface area contributed by atoms with Crippen LogP contribution in [-0.2, 0) is 11.2 Å². The van der Waals surface area contributed by atoms with Crippen LogP contribution in [-0.4, -0.2) is 47.5 Å². The third kappa shape index (κ3) is 5.05. The number of allylic oxidation sites excluding steroid dienone is 1. The van der Waals surface area contributed by atoms with Crippen molar-refractivity contribution in [3.05, 3.63) is 75.6 Å². The quantitative estimate of drug-likeness (QED) is 0.473. The van der Waals surface area contributed by atoms with Crippen molar-refractivity contribution in [2.24, 2.45) is 11.7 Å². The molecule has 2 aliphatic rings. The van der Waals surface area contributed by atoms with Crippen molar-refractivity contribution in [3.63, 3.8) is 0 Å². The fourth-order valence-electron chi connectivity index (χ4n) is 4.80. The Labute approximate surface area is 225 Å². The van der Waals surface area contributed by atoms with Gasteiger partial charge in [-0.3, -0.25) is 5.10 Å². The summed E-state index contributed by atoms with van der Waals surface area (Å²) in [7, 11) is 0. The molecule has 1 saturated heterocycles. The standard InChI is InChI=1S/C28H28ClN5O4/c1-16(2)13-17-3-5-18(6-4-17)25-24-23(21(15-30)26(31)38-27(24)33-32-25)20-14-19(29)7-8-22(20)37-28(35)34-9-11-36-12-10-34/h3-8,14,16,23H,9-13,31H2,1-2H3,(H,32,33)/t23-/m1/s1. The number of ether oxygens (including phenoxy) is 3. The SMILES string of the molecule is CC(C)Cc1ccc(-c2[nH]nc3c2[C@H](c2cc(Cl)ccc2OC(=O)N2CCOCC2)C(C#N)=C(N)O3)cc1. The number of carbonyl (C=O) groups excluding carboxylic acids is 1. The minimum Gasteiger partial charge on any atom is -0.420 e. The summed E-state index contributed by atoms with van der Waals surface area (Å²) in [6.45, 7) is 6.10. The molecule has 10 heteroatoms. The van der Waals surface area contributed by atoms with Gasteiger partial charge in [0.25, 0.3) is 0 Å². The molecule has 0 unspecified atom stereocenters. The van der Waals surface area contributed by atoms with Crippen LogP contribution in [0.4, 0.5) is 4.79 Å². The molecule has 9 nitrogen and oxygen atoms in total. The average Bonchev–Trinajstić information content (AvgIpc) is 3.32. The number of H-pyrrole nitrogens is 1. The van der Waals surface area contributed by atoms with E-state index < -0.39 is 12.0 Å². The average molecular weight is 534 g/mol. The Morgan fingerprint density at radius 3 is 2.68 bits per heavy atom. The maximum atomic E-state index is 13.0. The first kappa shape index (κ1) is 25.6. The molecule has 5 rings (SSSR count). The highest BCUT2D eigenvalue weighted by Crippen LogP contribution is 2.48. The Balaban J connectivity index is 1.59. The summed E-state index contributed by atoms with van der Waals surface area (Å²) in [6.07, 6.45) is 0.457. The molecule has 2 aromatic carbocycles. The van der Waals surface area contributed by atoms with Crippen molar-refractivity contribution in [1.29, 1.82) is 5.26 Å². The fraction of sp³-hybridized carbons (Fsp3) is 0.321. The van der Waals surface area contributed by atoms with Crippen LogP contribution in [0.1, 0.15) is 36.5 Å². The third-order valence-electron chi connectivity index (χ3n) is 6.57. The number of rotatable bonds is 5. The van der Waals surface area contributed by atoms with Gasteiger partial charge in [-0.2, -0.15) is 5.26 Å². The molecule has 3 heterocycles. The Kier molecular flexibility index (Phi) is 7.27. The number of nitrogens with two attached hydrogens (primary N) is 1. The van der Waals surface area contributed by atoms with Gasteiger partial charge >= 0.3 is 6.09 Å². The Bertz CT molecular complexity index is 1420. The normalized spacial score (nSPS) is 17.1. The van der Waals surface area contributed by atoms with Crippen molar-refractivity contribution in [3.8, 4) is 29.0 Å². The predicted molar refractivity (Wildman–Crippen MR) is 142 cm³/mol. The van der Waals surface area contributed by atoms with E-state index in [1.807, 2.05) is 12.1 Å². The Morgan fingerprint density at radius 1 is 1.26 bits per heavy atom. The fourth-order valence-corrected chi connectivity index (χ4v) is 4.98. The minimum atomic E-state index is -0.737. The first-order valence-electron chi connectivity index (χ1n) is 12.4. The lowest BCUT2D eigenvalue weighted by molar-refractivity contribution is 0.0415. The largest absolute Gasteiger partial charge is 0.420 e. The highest BCUT2D eigenvalue weighted by Gasteiger charge is 2.38. The number of carbonyl (C=O) groups is 1. The zero-order valence-corrected chi connectivity index (χ0v) is 21.9. The zero-order valence-electron chi connectivity index (χ0n) is 21.2. The van der Waals surface area contributed by atoms with Crippen LogP contribution in [0.25, 0.3) is 11.3 Å². The van der Waals surface area contributed by atoms with Gasteiger partial charge in [0.1, 0.15) is 17.4 Å². The van der Waals surface area contributed by atoms with Crippen LogP contribution in [0.15, 0.2) is 53.9 Å². The van der Waals surface area contributed by atoms with Crippen molar-refractivity contribution < 1.29 is 19.0 Å². The number of hydrogen-bond donors (Lipinski definition) is 2. The molecule has 3 aromatic rings. The van der Waals surface area contributed by atoms with Crippen molar-refractivity contribution in [2.75, 3.05) is 26.3 Å². The van der Waals surface area contributed by atoms with Gasteiger partial charge in [-0.25, -0.2) is 4.79 Å². The van der Waals surface area contributed by atoms with E-state index in [2.05, 4.69) is 42.2 Å². The molecule has 0 radical (unpaired) electrons. The van der Waals surface area contributed by atoms with E-state index in [1.165, 1.54) is 5.56 Å². The van der Waals surface area contributed by atoms with E-state index in [9.17, 15) is 10.1 Å². The molecule has 2 aliphatic heterocycles. The molecule has 0 aliphatic carbocycles. The van der Waals surface area contributed by atoms with Gasteiger partial charge < -0.3 is 24.8 Å². The molecular weight excluding hydrogens is 506 g/mol. The highest BCUT2D eigenvalue weighted by atomic mass is 35.5. The number of aromatic amines is 1. The summed E-state index contributed by atoms with van der Waals surface area (Å²) >= 11 is 6.41. The van der Waals surface area contributed by atoms with Crippen LogP contribution >= 0.6 is 11.6 Å². The van der Waals surface area contributed by atoms with Gasteiger partial charge in [0, 0.05) is 29.2 Å². The number of nitrogens with one attached hydrogen (secondary N) is 1. The number of nitrogens with zero attached hydrogens (tertiary/aromatic N) is 3. The number of amides is 1. The minimum absolute atomic E-state index is 0.0687. The summed E-state index contributed by atoms with van der Waals surface area (Å²) < 4.78 is 16.9. The van der Waals surface area contributed by atoms with Gasteiger partial charge in [-0.05, 0) is 36.1 Å². The lowest BCUT2D eigenvalue weighted by Gasteiger charge is -2.28. The van der Waals surface area contributed by atoms with E-state index >= 15 is 0 Å². The molecule has 0 spiro atoms. The highest BCUT2D eigenvalue weighted by molar-refractivity contribution is 6.30. The summed E-state index contributed by atoms with van der Waals surface area (Å²) in [5.41, 5.74) is 10.2. The van der Waals surface area contributed by atoms with Gasteiger partial charge in [0.2, 0.25) is 11.8 Å². The molecule has 0 saturated carbocycles. The van der Waals surface area contributed by atoms with Gasteiger partial charge in [-0.1, -0.05) is 49.7 Å². The Hall–Kier alpha value is -4.00. The number of aromatic nitrogens is 2. The second kappa shape index (κ2) is 10.8. The van der Waals surface area contributed by atoms with Crippen LogP contribution in [0.3, 0.4) is 0 Å². The Morgan fingerprint density at radius 2 is 2.00 bits per heavy atom. The topological polar surface area (TPSA) is 126 Å². The number of morpholine rings is 1. The number of nitriles is 1. The van der Waals surface area contributed by atoms with Crippen molar-refractivity contribution >= 4 is 17.7 Å². The number of benzene rings is 2. The first-order valence-corrected chi connectivity index (χ1v) is 12.8. The maximum Gasteiger partial charge on any atom is 0.415 e. The monoisotopic (exact) mass is 533 g/mol. The van der Waals surface area contributed by atoms with E-state index in [0.29, 0.717) is 54.1 Å². The van der Waals surface area contributed by atoms with E-state index in [0.717, 1.165) is 12.0 Å². The van der Waals surface area contributed by atoms with Gasteiger partial charge in [0.15, 0.2) is 0 Å². The predicted octanol–water partition coefficient (Wildman–Crippen LogP) is 4.98. The maximum absolute atomic E-state index is 13.0. The third-order valence-corrected chi connectivity index (χ3v) is 6.81. The molecule has 3 N–H and O–H groups in total. The zero-order chi connectivity index (χ0) is 26.8. The number of hydrogen-bond acceptors (Lipinski definition) is 7. The molecule has 0 bridgehead atoms. The van der Waals surface area contributed by atoms with Crippen LogP contribution in [0, 0.1) is 17.2 Å². The van der Waals surface area contributed by atoms with E-state index in [1.54, 1.807) is 23.1 Å². The lowest BCUT2D eigenvalue weighted by Crippen LogP contribution is -2.42. The number of halogens is 1. The van der Waals surface area contributed by atoms with Crippen LogP contribution in [0.2, 0.25) is 5.02 Å². The number of fused-ring (bicyclic) bond motifs is 1. The van der Waals surface area contributed by atoms with Crippen LogP contribution < -0.4 is 15.2 Å². The van der Waals surface area contributed by atoms with Crippen molar-refractivity contribution in [2.45, 2.75) is 26.2 Å². The van der Waals surface area contributed by atoms with Crippen LogP contribution in [0.5, 0.6) is 11.6 Å². The lowest BCUT2D eigenvalue weighted by atomic mass is 9.82. The van der Waals surface area contributed by atoms with E-state index in [4.69, 9.17) is 31.5 Å². The van der Waals surface area contributed by atoms with Gasteiger partial charge in [0.05, 0.1) is 30.4 Å². The second-order valence-corrected chi connectivity index (χ2v) is 10.1. The first-order chi connectivity index (χ1) is 18.4. The van der Waals surface area contributed by atoms with Gasteiger partial charge in [-0.15, -0.1) is 5.10 Å². The second-order valence-electron chi connectivity index (χ2n) is 9.69. The molecule has 1 aromatic heterocycles. The summed E-state index contributed by atoms with van der Waals surface area (Å²) in [5, 5.41) is 17.9. The van der Waals surface area contributed by atoms with Crippen molar-refractivity contribution in [1.82, 2.24) is 15.1 Å². The molecule has 1 amide bonds. The molecule has 38 heavy (non-hydrogen) atoms. The summed E-state index contributed by atoms with van der Waals surface area (Å²) in [4.78, 5) is 14.5. The summed E-state index contributed by atoms with van der Waals surface area (Å²) in [6, 6.07) is 15.3. The molecule has 1 fully saturated rings.